The van der Waals surface area contributed by atoms with Crippen LogP contribution in [-0.2, 0) is 10.0 Å². The predicted molar refractivity (Wildman–Crippen MR) is 107 cm³/mol. The number of amides is 2. The highest BCUT2D eigenvalue weighted by Gasteiger charge is 2.13. The Hall–Kier alpha value is -1.96. The predicted octanol–water partition coefficient (Wildman–Crippen LogP) is 4.64. The Bertz CT molecular complexity index is 887. The number of carbonyl (C=O) groups is 1. The van der Waals surface area contributed by atoms with Crippen LogP contribution in [0, 0.1) is 0 Å². The molecule has 0 heterocycles. The zero-order valence-corrected chi connectivity index (χ0v) is 16.5. The molecule has 26 heavy (non-hydrogen) atoms. The van der Waals surface area contributed by atoms with Gasteiger partial charge in [0.25, 0.3) is 0 Å². The summed E-state index contributed by atoms with van der Waals surface area (Å²) in [6, 6.07) is 10.7. The summed E-state index contributed by atoms with van der Waals surface area (Å²) in [7, 11) is -3.33. The quantitative estimate of drug-likeness (QED) is 0.641. The van der Waals surface area contributed by atoms with Crippen LogP contribution in [0.2, 0.25) is 10.0 Å². The lowest BCUT2D eigenvalue weighted by atomic mass is 10.1. The molecule has 9 heteroatoms. The number of nitrogens with one attached hydrogen (secondary N) is 3. The summed E-state index contributed by atoms with van der Waals surface area (Å²) in [5, 5.41) is 6.45. The van der Waals surface area contributed by atoms with Gasteiger partial charge in [-0.05, 0) is 55.8 Å². The lowest BCUT2D eigenvalue weighted by Gasteiger charge is -2.16. The first kappa shape index (κ1) is 20.4. The molecule has 0 saturated heterocycles. The summed E-state index contributed by atoms with van der Waals surface area (Å²) in [6.45, 7) is 3.36. The van der Waals surface area contributed by atoms with Gasteiger partial charge in [0.1, 0.15) is 0 Å². The molecular weight excluding hydrogens is 397 g/mol. The normalized spacial score (nSPS) is 12.3. The number of halogens is 2. The summed E-state index contributed by atoms with van der Waals surface area (Å²) in [6.07, 6.45) is 0. The third-order valence-corrected chi connectivity index (χ3v) is 5.44. The second kappa shape index (κ2) is 8.62. The fraction of sp³-hybridized carbons (Fsp3) is 0.235. The van der Waals surface area contributed by atoms with Gasteiger partial charge in [-0.25, -0.2) is 13.2 Å². The first-order chi connectivity index (χ1) is 12.2. The van der Waals surface area contributed by atoms with Crippen LogP contribution in [0.25, 0.3) is 0 Å². The van der Waals surface area contributed by atoms with Crippen molar-refractivity contribution < 1.29 is 13.2 Å². The van der Waals surface area contributed by atoms with Crippen molar-refractivity contribution in [1.29, 1.82) is 0 Å². The first-order valence-electron chi connectivity index (χ1n) is 7.83. The number of sulfonamides is 1. The second-order valence-electron chi connectivity index (χ2n) is 5.57. The average Bonchev–Trinajstić information content (AvgIpc) is 2.56. The maximum absolute atomic E-state index is 12.1. The number of carbonyl (C=O) groups excluding carboxylic acids is 1. The van der Waals surface area contributed by atoms with Crippen LogP contribution in [0.4, 0.5) is 16.2 Å². The lowest BCUT2D eigenvalue weighted by molar-refractivity contribution is 0.249. The minimum Gasteiger partial charge on any atom is -0.331 e. The Balaban J connectivity index is 1.97. The molecule has 2 amide bonds. The highest BCUT2D eigenvalue weighted by Crippen LogP contribution is 2.26. The van der Waals surface area contributed by atoms with E-state index in [1.807, 2.05) is 0 Å². The van der Waals surface area contributed by atoms with Crippen molar-refractivity contribution in [3.63, 3.8) is 0 Å². The van der Waals surface area contributed by atoms with Crippen LogP contribution in [0.5, 0.6) is 0 Å². The zero-order valence-electron chi connectivity index (χ0n) is 14.2. The molecule has 0 aromatic heterocycles. The summed E-state index contributed by atoms with van der Waals surface area (Å²) in [4.78, 5) is 12.1. The number of urea groups is 1. The molecule has 0 fully saturated rings. The third-order valence-electron chi connectivity index (χ3n) is 3.57. The second-order valence-corrected chi connectivity index (χ2v) is 8.42. The van der Waals surface area contributed by atoms with Crippen LogP contribution in [0.15, 0.2) is 42.5 Å². The Morgan fingerprint density at radius 1 is 1.08 bits per heavy atom. The maximum Gasteiger partial charge on any atom is 0.319 e. The summed E-state index contributed by atoms with van der Waals surface area (Å²) >= 11 is 12.0. The Labute approximate surface area is 162 Å². The topological polar surface area (TPSA) is 87.3 Å². The van der Waals surface area contributed by atoms with Crippen LogP contribution in [0.3, 0.4) is 0 Å². The molecular formula is C17H19Cl2N3O3S. The van der Waals surface area contributed by atoms with E-state index in [1.54, 1.807) is 56.3 Å². The van der Waals surface area contributed by atoms with Crippen molar-refractivity contribution in [1.82, 2.24) is 5.32 Å². The highest BCUT2D eigenvalue weighted by atomic mass is 35.5. The van der Waals surface area contributed by atoms with E-state index in [4.69, 9.17) is 23.2 Å². The van der Waals surface area contributed by atoms with E-state index in [-0.39, 0.29) is 11.8 Å². The van der Waals surface area contributed by atoms with Gasteiger partial charge in [0, 0.05) is 21.4 Å². The minimum atomic E-state index is -3.33. The Kier molecular flexibility index (Phi) is 6.75. The highest BCUT2D eigenvalue weighted by molar-refractivity contribution is 7.92. The van der Waals surface area contributed by atoms with Crippen molar-refractivity contribution in [3.05, 3.63) is 58.1 Å². The average molecular weight is 416 g/mol. The van der Waals surface area contributed by atoms with Crippen molar-refractivity contribution in [3.8, 4) is 0 Å². The molecule has 6 nitrogen and oxygen atoms in total. The van der Waals surface area contributed by atoms with E-state index in [0.717, 1.165) is 5.56 Å². The number of benzene rings is 2. The molecule has 1 unspecified atom stereocenters. The van der Waals surface area contributed by atoms with E-state index in [9.17, 15) is 13.2 Å². The van der Waals surface area contributed by atoms with E-state index < -0.39 is 16.1 Å². The van der Waals surface area contributed by atoms with Gasteiger partial charge < -0.3 is 10.6 Å². The van der Waals surface area contributed by atoms with Gasteiger partial charge in [-0.2, -0.15) is 0 Å². The standard InChI is InChI=1S/C17H19Cl2N3O3S/c1-3-26(24,25)22-14-7-5-13(6-8-14)21-17(23)20-11(2)15-9-4-12(18)10-16(15)19/h4-11,22H,3H2,1-2H3,(H2,20,21,23). The smallest absolute Gasteiger partial charge is 0.319 e. The van der Waals surface area contributed by atoms with Gasteiger partial charge >= 0.3 is 6.03 Å². The molecule has 140 valence electrons. The van der Waals surface area contributed by atoms with E-state index in [2.05, 4.69) is 15.4 Å². The van der Waals surface area contributed by atoms with Crippen molar-refractivity contribution in [2.24, 2.45) is 0 Å². The molecule has 2 aromatic carbocycles. The van der Waals surface area contributed by atoms with Crippen LogP contribution >= 0.6 is 23.2 Å². The maximum atomic E-state index is 12.1. The lowest BCUT2D eigenvalue weighted by Crippen LogP contribution is -2.31. The van der Waals surface area contributed by atoms with E-state index in [0.29, 0.717) is 21.4 Å². The van der Waals surface area contributed by atoms with Crippen LogP contribution < -0.4 is 15.4 Å². The third kappa shape index (κ3) is 5.79. The number of rotatable bonds is 6. The van der Waals surface area contributed by atoms with Gasteiger partial charge in [0.15, 0.2) is 0 Å². The monoisotopic (exact) mass is 415 g/mol. The van der Waals surface area contributed by atoms with Crippen molar-refractivity contribution in [2.45, 2.75) is 19.9 Å². The van der Waals surface area contributed by atoms with Crippen molar-refractivity contribution in [2.75, 3.05) is 15.8 Å². The molecule has 0 aliphatic rings. The molecule has 0 bridgehead atoms. The fourth-order valence-electron chi connectivity index (χ4n) is 2.17. The zero-order chi connectivity index (χ0) is 19.3. The number of hydrogen-bond donors (Lipinski definition) is 3. The fourth-order valence-corrected chi connectivity index (χ4v) is 3.38. The van der Waals surface area contributed by atoms with Crippen LogP contribution in [-0.4, -0.2) is 20.2 Å². The van der Waals surface area contributed by atoms with Gasteiger partial charge in [-0.3, -0.25) is 4.72 Å². The number of anilines is 2. The number of hydrogen-bond acceptors (Lipinski definition) is 3. The van der Waals surface area contributed by atoms with E-state index in [1.165, 1.54) is 0 Å². The molecule has 0 aliphatic heterocycles. The van der Waals surface area contributed by atoms with Crippen LogP contribution in [0.1, 0.15) is 25.5 Å². The molecule has 2 aromatic rings. The molecule has 0 saturated carbocycles. The summed E-state index contributed by atoms with van der Waals surface area (Å²) in [5.74, 6) is -0.0133. The first-order valence-corrected chi connectivity index (χ1v) is 10.2. The van der Waals surface area contributed by atoms with Gasteiger partial charge in [-0.1, -0.05) is 29.3 Å². The largest absolute Gasteiger partial charge is 0.331 e. The van der Waals surface area contributed by atoms with Crippen molar-refractivity contribution >= 4 is 50.6 Å². The minimum absolute atomic E-state index is 0.0133. The molecule has 1 atom stereocenters. The van der Waals surface area contributed by atoms with Gasteiger partial charge in [0.05, 0.1) is 11.8 Å². The molecule has 2 rings (SSSR count). The molecule has 3 N–H and O–H groups in total. The summed E-state index contributed by atoms with van der Waals surface area (Å²) in [5.41, 5.74) is 1.70. The Morgan fingerprint density at radius 3 is 2.27 bits per heavy atom. The molecule has 0 aliphatic carbocycles. The SMILES string of the molecule is CCS(=O)(=O)Nc1ccc(NC(=O)NC(C)c2ccc(Cl)cc2Cl)cc1. The van der Waals surface area contributed by atoms with Gasteiger partial charge in [-0.15, -0.1) is 0 Å². The van der Waals surface area contributed by atoms with Gasteiger partial charge in [0.2, 0.25) is 10.0 Å². The summed E-state index contributed by atoms with van der Waals surface area (Å²) < 4.78 is 25.5. The van der Waals surface area contributed by atoms with E-state index >= 15 is 0 Å². The molecule has 0 radical (unpaired) electrons. The Morgan fingerprint density at radius 2 is 1.69 bits per heavy atom. The molecule has 0 spiro atoms.